The van der Waals surface area contributed by atoms with Crippen molar-refractivity contribution < 1.29 is 18.5 Å². The first-order valence-corrected chi connectivity index (χ1v) is 17.1. The molecule has 2 aliphatic heterocycles. The number of amides is 3. The molecule has 2 saturated heterocycles. The van der Waals surface area contributed by atoms with E-state index in [9.17, 15) is 14.9 Å². The highest BCUT2D eigenvalue weighted by Crippen LogP contribution is 2.48. The Balaban J connectivity index is 1.07. The number of hydrogen-bond donors (Lipinski definition) is 1. The summed E-state index contributed by atoms with van der Waals surface area (Å²) in [4.78, 5) is 29.8. The van der Waals surface area contributed by atoms with E-state index in [-0.39, 0.29) is 30.0 Å². The number of likely N-dealkylation sites (tertiary alicyclic amines) is 1. The minimum atomic E-state index is -0.588. The van der Waals surface area contributed by atoms with Gasteiger partial charge in [0.2, 0.25) is 5.91 Å². The zero-order chi connectivity index (χ0) is 34.3. The minimum Gasteiger partial charge on any atom is -0.361 e. The number of carbonyl (C=O) groups is 2. The predicted molar refractivity (Wildman–Crippen MR) is 186 cm³/mol. The summed E-state index contributed by atoms with van der Waals surface area (Å²) in [5.74, 6) is 0.428. The zero-order valence-corrected chi connectivity index (χ0v) is 28.3. The van der Waals surface area contributed by atoms with Crippen LogP contribution in [0.3, 0.4) is 0 Å². The zero-order valence-electron chi connectivity index (χ0n) is 28.3. The molecule has 252 valence electrons. The highest BCUT2D eigenvalue weighted by atomic mass is 19.1. The van der Waals surface area contributed by atoms with E-state index in [2.05, 4.69) is 75.7 Å². The second-order valence-corrected chi connectivity index (χ2v) is 13.8. The van der Waals surface area contributed by atoms with E-state index in [1.807, 2.05) is 19.9 Å². The number of halogens is 1. The maximum absolute atomic E-state index is 15.1. The third-order valence-electron chi connectivity index (χ3n) is 10.4. The van der Waals surface area contributed by atoms with Gasteiger partial charge in [-0.05, 0) is 118 Å². The predicted octanol–water partition coefficient (Wildman–Crippen LogP) is 7.46. The van der Waals surface area contributed by atoms with Gasteiger partial charge in [-0.2, -0.15) is 5.26 Å². The molecule has 0 radical (unpaired) electrons. The van der Waals surface area contributed by atoms with Crippen molar-refractivity contribution in [2.75, 3.05) is 36.0 Å². The van der Waals surface area contributed by atoms with Crippen LogP contribution in [0.15, 0.2) is 65.2 Å². The SMILES string of the molecule is Cc1ccc(-c2c(C)noc2C)cc1N(CC1CCN(Cc2ccc(N3CCC(=O)NC3=O)c(F)c2)CC1)c1ccc(C2(C#N)CC2)cc1. The summed E-state index contributed by atoms with van der Waals surface area (Å²) in [7, 11) is 0. The van der Waals surface area contributed by atoms with Gasteiger partial charge in [0, 0.05) is 43.0 Å². The lowest BCUT2D eigenvalue weighted by Crippen LogP contribution is -2.49. The number of hydrogen-bond acceptors (Lipinski definition) is 7. The highest BCUT2D eigenvalue weighted by molar-refractivity contribution is 6.05. The molecule has 3 amide bonds. The number of rotatable bonds is 9. The number of anilines is 3. The van der Waals surface area contributed by atoms with E-state index < -0.39 is 11.8 Å². The number of benzene rings is 3. The largest absolute Gasteiger partial charge is 0.361 e. The van der Waals surface area contributed by atoms with E-state index in [1.165, 1.54) is 16.5 Å². The number of nitrogens with one attached hydrogen (secondary N) is 1. The Morgan fingerprint density at radius 3 is 2.41 bits per heavy atom. The smallest absolute Gasteiger partial charge is 0.328 e. The highest BCUT2D eigenvalue weighted by Gasteiger charge is 2.44. The van der Waals surface area contributed by atoms with Gasteiger partial charge in [-0.3, -0.25) is 19.9 Å². The fraction of sp³-hybridized carbons (Fsp3) is 0.385. The number of piperidine rings is 1. The molecular formula is C39H41FN6O3. The molecule has 1 saturated carbocycles. The van der Waals surface area contributed by atoms with Crippen molar-refractivity contribution in [2.24, 2.45) is 5.92 Å². The monoisotopic (exact) mass is 660 g/mol. The maximum atomic E-state index is 15.1. The minimum absolute atomic E-state index is 0.152. The molecule has 3 heterocycles. The van der Waals surface area contributed by atoms with Gasteiger partial charge in [-0.1, -0.05) is 35.5 Å². The normalized spacial score (nSPS) is 17.9. The number of carbonyl (C=O) groups excluding carboxylic acids is 2. The lowest BCUT2D eigenvalue weighted by atomic mass is 9.93. The van der Waals surface area contributed by atoms with Gasteiger partial charge in [0.15, 0.2) is 0 Å². The van der Waals surface area contributed by atoms with Gasteiger partial charge in [0.05, 0.1) is 22.9 Å². The molecule has 3 aromatic carbocycles. The first kappa shape index (κ1) is 32.5. The van der Waals surface area contributed by atoms with Crippen molar-refractivity contribution in [3.05, 3.63) is 94.6 Å². The van der Waals surface area contributed by atoms with Crippen LogP contribution in [-0.4, -0.2) is 48.2 Å². The van der Waals surface area contributed by atoms with Gasteiger partial charge in [0.25, 0.3) is 0 Å². The number of aromatic nitrogens is 1. The molecule has 3 aliphatic rings. The topological polar surface area (TPSA) is 106 Å². The van der Waals surface area contributed by atoms with Gasteiger partial charge >= 0.3 is 6.03 Å². The van der Waals surface area contributed by atoms with Crippen LogP contribution in [0.2, 0.25) is 0 Å². The molecular weight excluding hydrogens is 619 g/mol. The third kappa shape index (κ3) is 6.55. The van der Waals surface area contributed by atoms with Crippen LogP contribution in [0.1, 0.15) is 60.2 Å². The standard InChI is InChI=1S/C39H41FN6O3/c1-25-4-6-30(37-26(2)43-49-27(37)3)21-35(25)46(32-9-7-31(8-10-32)39(24-41)15-16-39)23-28-12-17-44(18-13-28)22-29-5-11-34(33(40)20-29)45-19-14-36(47)42-38(45)48/h4-11,20-21,28H,12-19,22-23H2,1-3H3,(H,42,47,48). The van der Waals surface area contributed by atoms with Gasteiger partial charge in [0.1, 0.15) is 11.6 Å². The van der Waals surface area contributed by atoms with Crippen molar-refractivity contribution in [2.45, 2.75) is 64.8 Å². The fourth-order valence-electron chi connectivity index (χ4n) is 7.35. The average molecular weight is 661 g/mol. The molecule has 10 heteroatoms. The van der Waals surface area contributed by atoms with E-state index in [0.717, 1.165) is 90.4 Å². The molecule has 0 spiro atoms. The summed E-state index contributed by atoms with van der Waals surface area (Å²) in [6, 6.07) is 22.0. The van der Waals surface area contributed by atoms with Gasteiger partial charge in [-0.15, -0.1) is 0 Å². The summed E-state index contributed by atoms with van der Waals surface area (Å²) in [5, 5.41) is 16.2. The lowest BCUT2D eigenvalue weighted by molar-refractivity contribution is -0.120. The van der Waals surface area contributed by atoms with E-state index >= 15 is 4.39 Å². The van der Waals surface area contributed by atoms with Gasteiger partial charge in [-0.25, -0.2) is 9.18 Å². The second-order valence-electron chi connectivity index (χ2n) is 13.8. The fourth-order valence-corrected chi connectivity index (χ4v) is 7.35. The van der Waals surface area contributed by atoms with E-state index in [1.54, 1.807) is 6.07 Å². The van der Waals surface area contributed by atoms with Crippen LogP contribution in [0.5, 0.6) is 0 Å². The lowest BCUT2D eigenvalue weighted by Gasteiger charge is -2.36. The summed E-state index contributed by atoms with van der Waals surface area (Å²) in [6.45, 7) is 9.47. The molecule has 0 bridgehead atoms. The maximum Gasteiger partial charge on any atom is 0.328 e. The van der Waals surface area contributed by atoms with Crippen LogP contribution < -0.4 is 15.1 Å². The Labute approximate surface area is 286 Å². The van der Waals surface area contributed by atoms with Crippen molar-refractivity contribution >= 4 is 29.0 Å². The summed E-state index contributed by atoms with van der Waals surface area (Å²) in [6.07, 6.45) is 3.98. The molecule has 7 rings (SSSR count). The Morgan fingerprint density at radius 2 is 1.78 bits per heavy atom. The number of urea groups is 1. The average Bonchev–Trinajstić information content (AvgIpc) is 3.83. The molecule has 3 fully saturated rings. The van der Waals surface area contributed by atoms with Crippen LogP contribution >= 0.6 is 0 Å². The molecule has 9 nitrogen and oxygen atoms in total. The first-order chi connectivity index (χ1) is 23.6. The number of imide groups is 1. The van der Waals surface area contributed by atoms with Crippen LogP contribution in [0.4, 0.5) is 26.2 Å². The molecule has 1 N–H and O–H groups in total. The van der Waals surface area contributed by atoms with Crippen LogP contribution in [0, 0.1) is 43.8 Å². The molecule has 0 unspecified atom stereocenters. The van der Waals surface area contributed by atoms with Crippen LogP contribution in [0.25, 0.3) is 11.1 Å². The third-order valence-corrected chi connectivity index (χ3v) is 10.4. The molecule has 4 aromatic rings. The Bertz CT molecular complexity index is 1920. The molecule has 1 aromatic heterocycles. The molecule has 1 aliphatic carbocycles. The van der Waals surface area contributed by atoms with Crippen molar-refractivity contribution in [1.82, 2.24) is 15.4 Å². The quantitative estimate of drug-likeness (QED) is 0.199. The molecule has 0 atom stereocenters. The van der Waals surface area contributed by atoms with Crippen molar-refractivity contribution in [1.29, 1.82) is 5.26 Å². The summed E-state index contributed by atoms with van der Waals surface area (Å²) in [5.41, 5.74) is 8.17. The number of nitriles is 1. The second kappa shape index (κ2) is 13.1. The summed E-state index contributed by atoms with van der Waals surface area (Å²) >= 11 is 0. The van der Waals surface area contributed by atoms with E-state index in [4.69, 9.17) is 4.52 Å². The summed E-state index contributed by atoms with van der Waals surface area (Å²) < 4.78 is 20.6. The van der Waals surface area contributed by atoms with Crippen molar-refractivity contribution in [3.63, 3.8) is 0 Å². The van der Waals surface area contributed by atoms with Crippen molar-refractivity contribution in [3.8, 4) is 17.2 Å². The van der Waals surface area contributed by atoms with Gasteiger partial charge < -0.3 is 9.42 Å². The van der Waals surface area contributed by atoms with Crippen LogP contribution in [-0.2, 0) is 16.8 Å². The van der Waals surface area contributed by atoms with E-state index in [0.29, 0.717) is 12.5 Å². The molecule has 49 heavy (non-hydrogen) atoms. The number of nitrogens with zero attached hydrogens (tertiary/aromatic N) is 5. The Kier molecular flexibility index (Phi) is 8.72. The first-order valence-electron chi connectivity index (χ1n) is 17.1. The Morgan fingerprint density at radius 1 is 1.02 bits per heavy atom. The number of aryl methyl sites for hydroxylation is 3. The Hall–Kier alpha value is -5.01.